The van der Waals surface area contributed by atoms with E-state index in [0.717, 1.165) is 0 Å². The molecule has 4 aliphatic rings. The van der Waals surface area contributed by atoms with E-state index >= 15 is 0 Å². The van der Waals surface area contributed by atoms with Crippen LogP contribution in [0.25, 0.3) is 0 Å². The minimum atomic E-state index is -1.33. The molecule has 1 saturated carbocycles. The SMILES string of the molecule is C[C@H]1C[C@@H](N)[C@H](O)[C@@H](O[C@@H]2O[C@H](CO)[C@@H](O[C@@H]3C[C@@H](O)CCO3)[C@H]2O)[C@@H]1O[C@H]1O[C@H](CN)CC[C@H]1O. The molecule has 9 N–H and O–H groups in total. The van der Waals surface area contributed by atoms with Crippen molar-refractivity contribution in [2.45, 2.75) is 119 Å². The molecular formula is C23H42N2O11. The van der Waals surface area contributed by atoms with Gasteiger partial charge in [-0.05, 0) is 31.6 Å². The highest BCUT2D eigenvalue weighted by atomic mass is 16.8. The molecule has 0 amide bonds. The van der Waals surface area contributed by atoms with Crippen molar-refractivity contribution in [2.75, 3.05) is 19.8 Å². The molecule has 0 aromatic carbocycles. The van der Waals surface area contributed by atoms with E-state index in [9.17, 15) is 25.5 Å². The first kappa shape index (κ1) is 28.5. The Balaban J connectivity index is 1.45. The second-order valence-electron chi connectivity index (χ2n) is 10.4. The molecule has 0 radical (unpaired) electrons. The van der Waals surface area contributed by atoms with Crippen molar-refractivity contribution in [3.05, 3.63) is 0 Å². The van der Waals surface area contributed by atoms with Crippen LogP contribution in [0, 0.1) is 5.92 Å². The van der Waals surface area contributed by atoms with Gasteiger partial charge in [-0.1, -0.05) is 6.92 Å². The van der Waals surface area contributed by atoms with Crippen molar-refractivity contribution < 1.29 is 54.0 Å². The Labute approximate surface area is 210 Å². The topological polar surface area (TPSA) is 209 Å². The van der Waals surface area contributed by atoms with Gasteiger partial charge in [-0.15, -0.1) is 0 Å². The summed E-state index contributed by atoms with van der Waals surface area (Å²) in [5.74, 6) is -0.182. The lowest BCUT2D eigenvalue weighted by molar-refractivity contribution is -0.307. The number of hydrogen-bond donors (Lipinski definition) is 7. The van der Waals surface area contributed by atoms with E-state index in [1.807, 2.05) is 6.92 Å². The summed E-state index contributed by atoms with van der Waals surface area (Å²) < 4.78 is 35.1. The second kappa shape index (κ2) is 12.6. The summed E-state index contributed by atoms with van der Waals surface area (Å²) in [6, 6.07) is -0.616. The summed E-state index contributed by atoms with van der Waals surface area (Å²) in [6.45, 7) is 2.03. The molecule has 3 saturated heterocycles. The maximum absolute atomic E-state index is 11.0. The van der Waals surface area contributed by atoms with E-state index in [4.69, 9.17) is 39.9 Å². The molecule has 1 aliphatic carbocycles. The van der Waals surface area contributed by atoms with Crippen molar-refractivity contribution in [1.82, 2.24) is 0 Å². The number of rotatable bonds is 8. The van der Waals surface area contributed by atoms with Crippen LogP contribution in [-0.4, -0.2) is 125 Å². The number of nitrogens with two attached hydrogens (primary N) is 2. The summed E-state index contributed by atoms with van der Waals surface area (Å²) in [4.78, 5) is 0. The van der Waals surface area contributed by atoms with Gasteiger partial charge in [0.15, 0.2) is 18.9 Å². The Morgan fingerprint density at radius 2 is 1.61 bits per heavy atom. The third kappa shape index (κ3) is 6.37. The molecular weight excluding hydrogens is 480 g/mol. The van der Waals surface area contributed by atoms with Gasteiger partial charge in [-0.3, -0.25) is 0 Å². The molecule has 210 valence electrons. The van der Waals surface area contributed by atoms with Gasteiger partial charge in [-0.2, -0.15) is 0 Å². The van der Waals surface area contributed by atoms with Crippen LogP contribution in [0.15, 0.2) is 0 Å². The molecule has 13 heteroatoms. The highest BCUT2D eigenvalue weighted by molar-refractivity contribution is 4.98. The van der Waals surface area contributed by atoms with Crippen molar-refractivity contribution >= 4 is 0 Å². The number of aliphatic hydroxyl groups is 5. The summed E-state index contributed by atoms with van der Waals surface area (Å²) in [7, 11) is 0. The van der Waals surface area contributed by atoms with Gasteiger partial charge < -0.3 is 65.4 Å². The Hall–Kier alpha value is -0.520. The van der Waals surface area contributed by atoms with Crippen molar-refractivity contribution in [1.29, 1.82) is 0 Å². The highest BCUT2D eigenvalue weighted by Crippen LogP contribution is 2.36. The van der Waals surface area contributed by atoms with E-state index in [1.54, 1.807) is 0 Å². The molecule has 0 unspecified atom stereocenters. The normalized spacial score (nSPS) is 50.3. The fourth-order valence-corrected chi connectivity index (χ4v) is 5.43. The predicted octanol–water partition coefficient (Wildman–Crippen LogP) is -2.73. The Morgan fingerprint density at radius 3 is 2.31 bits per heavy atom. The average molecular weight is 523 g/mol. The predicted molar refractivity (Wildman–Crippen MR) is 122 cm³/mol. The van der Waals surface area contributed by atoms with Crippen LogP contribution in [0.3, 0.4) is 0 Å². The van der Waals surface area contributed by atoms with Crippen molar-refractivity contribution in [2.24, 2.45) is 17.4 Å². The van der Waals surface area contributed by atoms with E-state index in [-0.39, 0.29) is 25.0 Å². The minimum absolute atomic E-state index is 0.182. The van der Waals surface area contributed by atoms with E-state index in [1.165, 1.54) is 0 Å². The second-order valence-corrected chi connectivity index (χ2v) is 10.4. The number of ether oxygens (including phenoxy) is 6. The smallest absolute Gasteiger partial charge is 0.187 e. The van der Waals surface area contributed by atoms with Crippen molar-refractivity contribution in [3.63, 3.8) is 0 Å². The molecule has 4 rings (SSSR count). The largest absolute Gasteiger partial charge is 0.394 e. The summed E-state index contributed by atoms with van der Waals surface area (Å²) in [5.41, 5.74) is 11.9. The van der Waals surface area contributed by atoms with E-state index in [0.29, 0.717) is 32.3 Å². The fraction of sp³-hybridized carbons (Fsp3) is 1.00. The van der Waals surface area contributed by atoms with Gasteiger partial charge in [0, 0.05) is 19.0 Å². The van der Waals surface area contributed by atoms with Gasteiger partial charge in [0.2, 0.25) is 0 Å². The zero-order chi connectivity index (χ0) is 26.0. The molecule has 4 fully saturated rings. The molecule has 13 nitrogen and oxygen atoms in total. The fourth-order valence-electron chi connectivity index (χ4n) is 5.43. The van der Waals surface area contributed by atoms with Crippen LogP contribution in [0.2, 0.25) is 0 Å². The molecule has 0 aromatic heterocycles. The van der Waals surface area contributed by atoms with Gasteiger partial charge in [-0.25, -0.2) is 0 Å². The lowest BCUT2D eigenvalue weighted by atomic mass is 9.80. The first-order valence-corrected chi connectivity index (χ1v) is 12.9. The average Bonchev–Trinajstić information content (AvgIpc) is 3.15. The maximum Gasteiger partial charge on any atom is 0.187 e. The third-order valence-electron chi connectivity index (χ3n) is 7.57. The lowest BCUT2D eigenvalue weighted by Crippen LogP contribution is -2.61. The van der Waals surface area contributed by atoms with Crippen LogP contribution < -0.4 is 11.5 Å². The number of hydrogen-bond acceptors (Lipinski definition) is 13. The van der Waals surface area contributed by atoms with Crippen molar-refractivity contribution in [3.8, 4) is 0 Å². The summed E-state index contributed by atoms with van der Waals surface area (Å²) >= 11 is 0. The number of aliphatic hydroxyl groups excluding tert-OH is 5. The van der Waals surface area contributed by atoms with Crippen LogP contribution in [0.5, 0.6) is 0 Å². The standard InChI is InChI=1S/C23H42N2O11/c1-10-6-13(25)17(29)21(19(10)35-22-14(28)3-2-12(8-24)32-22)36-23-18(30)20(15(9-26)33-23)34-16-7-11(27)4-5-31-16/h10-23,26-30H,2-9,24-25H2,1H3/t10-,11-,12-,13+,14+,15+,16+,17-,18+,19+,20+,21+,22+,23-/m0/s1. The van der Waals surface area contributed by atoms with Crippen LogP contribution >= 0.6 is 0 Å². The molecule has 3 aliphatic heterocycles. The first-order chi connectivity index (χ1) is 17.2. The highest BCUT2D eigenvalue weighted by Gasteiger charge is 2.52. The van der Waals surface area contributed by atoms with E-state index < -0.39 is 80.4 Å². The first-order valence-electron chi connectivity index (χ1n) is 12.9. The molecule has 14 atom stereocenters. The summed E-state index contributed by atoms with van der Waals surface area (Å²) in [6.07, 6.45) is -8.65. The molecule has 0 aromatic rings. The molecule has 0 spiro atoms. The Kier molecular flexibility index (Phi) is 9.94. The molecule has 36 heavy (non-hydrogen) atoms. The van der Waals surface area contributed by atoms with E-state index in [2.05, 4.69) is 0 Å². The quantitative estimate of drug-likeness (QED) is 0.173. The monoisotopic (exact) mass is 522 g/mol. The summed E-state index contributed by atoms with van der Waals surface area (Å²) in [5, 5.41) is 52.1. The van der Waals surface area contributed by atoms with Crippen LogP contribution in [-0.2, 0) is 28.4 Å². The lowest BCUT2D eigenvalue weighted by Gasteiger charge is -2.45. The van der Waals surface area contributed by atoms with Gasteiger partial charge in [0.25, 0.3) is 0 Å². The van der Waals surface area contributed by atoms with Gasteiger partial charge >= 0.3 is 0 Å². The zero-order valence-electron chi connectivity index (χ0n) is 20.6. The Morgan fingerprint density at radius 1 is 0.861 bits per heavy atom. The Bertz CT molecular complexity index is 692. The molecule has 0 bridgehead atoms. The van der Waals surface area contributed by atoms with Gasteiger partial charge in [0.05, 0.1) is 37.6 Å². The minimum Gasteiger partial charge on any atom is -0.394 e. The molecule has 3 heterocycles. The third-order valence-corrected chi connectivity index (χ3v) is 7.57. The van der Waals surface area contributed by atoms with Gasteiger partial charge in [0.1, 0.15) is 30.5 Å². The van der Waals surface area contributed by atoms with Crippen LogP contribution in [0.4, 0.5) is 0 Å². The van der Waals surface area contributed by atoms with Crippen LogP contribution in [0.1, 0.15) is 39.0 Å². The zero-order valence-corrected chi connectivity index (χ0v) is 20.6. The maximum atomic E-state index is 11.0.